The van der Waals surface area contributed by atoms with Gasteiger partial charge in [-0.05, 0) is 54.6 Å². The molecular weight excluding hydrogens is 524 g/mol. The highest BCUT2D eigenvalue weighted by atomic mass is 16.3. The Kier molecular flexibility index (Phi) is 5.20. The maximum absolute atomic E-state index is 6.48. The van der Waals surface area contributed by atoms with Crippen LogP contribution in [0.1, 0.15) is 0 Å². The highest BCUT2D eigenvalue weighted by molar-refractivity contribution is 6.19. The number of benzene rings is 7. The van der Waals surface area contributed by atoms with Crippen molar-refractivity contribution >= 4 is 71.6 Å². The van der Waals surface area contributed by atoms with Gasteiger partial charge in [-0.1, -0.05) is 103 Å². The summed E-state index contributed by atoms with van der Waals surface area (Å²) >= 11 is 0. The lowest BCUT2D eigenvalue weighted by Gasteiger charge is -2.28. The van der Waals surface area contributed by atoms with Crippen LogP contribution >= 0.6 is 0 Å². The van der Waals surface area contributed by atoms with Gasteiger partial charge in [-0.2, -0.15) is 0 Å². The fourth-order valence-electron chi connectivity index (χ4n) is 6.73. The van der Waals surface area contributed by atoms with Crippen molar-refractivity contribution in [1.29, 1.82) is 0 Å². The van der Waals surface area contributed by atoms with E-state index in [1.165, 1.54) is 21.8 Å². The van der Waals surface area contributed by atoms with Crippen LogP contribution in [0.2, 0.25) is 0 Å². The van der Waals surface area contributed by atoms with Gasteiger partial charge in [0.15, 0.2) is 0 Å². The molecule has 0 saturated carbocycles. The number of anilines is 3. The third-order valence-electron chi connectivity index (χ3n) is 8.56. The molecule has 0 aliphatic rings. The normalized spacial score (nSPS) is 11.7. The van der Waals surface area contributed by atoms with Crippen molar-refractivity contribution in [2.24, 2.45) is 0 Å². The Balaban J connectivity index is 1.40. The quantitative estimate of drug-likeness (QED) is 0.217. The predicted octanol–water partition coefficient (Wildman–Crippen LogP) is 11.3. The van der Waals surface area contributed by atoms with E-state index in [0.29, 0.717) is 0 Å². The SMILES string of the molecule is c1ccc(N(c2cccc3c2ccc2c4ccccc4oc32)c2cccc3c4ccccc4n(-c4ccccc4)c23)cc1. The Labute approximate surface area is 248 Å². The Hall–Kier alpha value is -5.80. The molecule has 2 heterocycles. The average Bonchev–Trinajstić information content (AvgIpc) is 3.63. The standard InChI is InChI=1S/C40H26N2O/c1-3-13-27(14-4-1)41(35-22-12-20-33-30(35)25-26-34-31-18-8-10-24-38(31)43-40(33)34)37-23-11-19-32-29-17-7-9-21-36(29)42(39(32)37)28-15-5-2-6-16-28/h1-26H. The van der Waals surface area contributed by atoms with Crippen LogP contribution in [0.15, 0.2) is 162 Å². The first kappa shape index (κ1) is 23.9. The van der Waals surface area contributed by atoms with Gasteiger partial charge in [0.05, 0.1) is 22.4 Å². The number of para-hydroxylation sites is 5. The summed E-state index contributed by atoms with van der Waals surface area (Å²) in [5, 5.41) is 6.97. The summed E-state index contributed by atoms with van der Waals surface area (Å²) in [5.74, 6) is 0. The van der Waals surface area contributed by atoms with Crippen molar-refractivity contribution in [2.45, 2.75) is 0 Å². The molecule has 0 saturated heterocycles. The van der Waals surface area contributed by atoms with Crippen LogP contribution in [0, 0.1) is 0 Å². The number of nitrogens with zero attached hydrogens (tertiary/aromatic N) is 2. The van der Waals surface area contributed by atoms with Gasteiger partial charge in [0.1, 0.15) is 11.2 Å². The zero-order valence-electron chi connectivity index (χ0n) is 23.3. The highest BCUT2D eigenvalue weighted by Gasteiger charge is 2.23. The van der Waals surface area contributed by atoms with Crippen LogP contribution in [-0.2, 0) is 0 Å². The fraction of sp³-hybridized carbons (Fsp3) is 0. The van der Waals surface area contributed by atoms with Crippen molar-refractivity contribution in [3.05, 3.63) is 158 Å². The van der Waals surface area contributed by atoms with Gasteiger partial charge in [-0.25, -0.2) is 0 Å². The zero-order chi connectivity index (χ0) is 28.3. The van der Waals surface area contributed by atoms with E-state index in [2.05, 4.69) is 155 Å². The molecule has 9 aromatic rings. The topological polar surface area (TPSA) is 21.3 Å². The van der Waals surface area contributed by atoms with Crippen LogP contribution in [-0.4, -0.2) is 4.57 Å². The van der Waals surface area contributed by atoms with E-state index >= 15 is 0 Å². The lowest BCUT2D eigenvalue weighted by atomic mass is 10.0. The molecule has 0 radical (unpaired) electrons. The van der Waals surface area contributed by atoms with Gasteiger partial charge in [-0.3, -0.25) is 0 Å². The largest absolute Gasteiger partial charge is 0.455 e. The Morgan fingerprint density at radius 3 is 1.86 bits per heavy atom. The van der Waals surface area contributed by atoms with Crippen molar-refractivity contribution < 1.29 is 4.42 Å². The molecular formula is C40H26N2O. The first-order chi connectivity index (χ1) is 21.4. The van der Waals surface area contributed by atoms with Crippen molar-refractivity contribution in [3.8, 4) is 5.69 Å². The van der Waals surface area contributed by atoms with Gasteiger partial charge in [0.2, 0.25) is 0 Å². The third-order valence-corrected chi connectivity index (χ3v) is 8.56. The number of hydrogen-bond donors (Lipinski definition) is 0. The summed E-state index contributed by atoms with van der Waals surface area (Å²) < 4.78 is 8.88. The predicted molar refractivity (Wildman–Crippen MR) is 180 cm³/mol. The van der Waals surface area contributed by atoms with Crippen molar-refractivity contribution in [2.75, 3.05) is 4.90 Å². The lowest BCUT2D eigenvalue weighted by Crippen LogP contribution is -2.12. The summed E-state index contributed by atoms with van der Waals surface area (Å²) in [6.45, 7) is 0. The van der Waals surface area contributed by atoms with Gasteiger partial charge in [0, 0.05) is 43.7 Å². The second-order valence-electron chi connectivity index (χ2n) is 10.9. The Morgan fingerprint density at radius 2 is 1.02 bits per heavy atom. The maximum Gasteiger partial charge on any atom is 0.143 e. The monoisotopic (exact) mass is 550 g/mol. The first-order valence-electron chi connectivity index (χ1n) is 14.6. The summed E-state index contributed by atoms with van der Waals surface area (Å²) in [6.07, 6.45) is 0. The summed E-state index contributed by atoms with van der Waals surface area (Å²) in [6, 6.07) is 56.0. The minimum absolute atomic E-state index is 0.910. The van der Waals surface area contributed by atoms with E-state index in [4.69, 9.17) is 4.42 Å². The van der Waals surface area contributed by atoms with E-state index in [9.17, 15) is 0 Å². The molecule has 0 bridgehead atoms. The first-order valence-corrected chi connectivity index (χ1v) is 14.6. The van der Waals surface area contributed by atoms with Crippen molar-refractivity contribution in [3.63, 3.8) is 0 Å². The second kappa shape index (κ2) is 9.37. The molecule has 3 nitrogen and oxygen atoms in total. The molecule has 0 N–H and O–H groups in total. The van der Waals surface area contributed by atoms with Gasteiger partial charge in [-0.15, -0.1) is 0 Å². The van der Waals surface area contributed by atoms with E-state index < -0.39 is 0 Å². The summed E-state index contributed by atoms with van der Waals surface area (Å²) in [7, 11) is 0. The average molecular weight is 551 g/mol. The number of aromatic nitrogens is 1. The van der Waals surface area contributed by atoms with Crippen LogP contribution in [0.25, 0.3) is 60.2 Å². The molecule has 9 rings (SSSR count). The van der Waals surface area contributed by atoms with Gasteiger partial charge in [0.25, 0.3) is 0 Å². The second-order valence-corrected chi connectivity index (χ2v) is 10.9. The minimum atomic E-state index is 0.910. The van der Waals surface area contributed by atoms with Crippen LogP contribution in [0.3, 0.4) is 0 Å². The fourth-order valence-corrected chi connectivity index (χ4v) is 6.73. The van der Waals surface area contributed by atoms with Crippen LogP contribution in [0.4, 0.5) is 17.1 Å². The number of fused-ring (bicyclic) bond motifs is 8. The van der Waals surface area contributed by atoms with Gasteiger partial charge < -0.3 is 13.9 Å². The molecule has 202 valence electrons. The molecule has 0 aliphatic carbocycles. The molecule has 0 unspecified atom stereocenters. The lowest BCUT2D eigenvalue weighted by molar-refractivity contribution is 0.672. The zero-order valence-corrected chi connectivity index (χ0v) is 23.3. The third kappa shape index (κ3) is 3.55. The maximum atomic E-state index is 6.48. The molecule has 0 aliphatic heterocycles. The number of furan rings is 1. The molecule has 2 aromatic heterocycles. The van der Waals surface area contributed by atoms with E-state index in [0.717, 1.165) is 55.5 Å². The van der Waals surface area contributed by atoms with Crippen LogP contribution < -0.4 is 4.90 Å². The van der Waals surface area contributed by atoms with Gasteiger partial charge >= 0.3 is 0 Å². The van der Waals surface area contributed by atoms with E-state index in [1.807, 2.05) is 12.1 Å². The molecule has 0 fully saturated rings. The Morgan fingerprint density at radius 1 is 0.419 bits per heavy atom. The Bertz CT molecular complexity index is 2450. The molecule has 3 heteroatoms. The number of hydrogen-bond acceptors (Lipinski definition) is 2. The molecule has 0 spiro atoms. The smallest absolute Gasteiger partial charge is 0.143 e. The molecule has 0 amide bonds. The van der Waals surface area contributed by atoms with E-state index in [1.54, 1.807) is 0 Å². The van der Waals surface area contributed by atoms with E-state index in [-0.39, 0.29) is 0 Å². The minimum Gasteiger partial charge on any atom is -0.455 e. The summed E-state index contributed by atoms with van der Waals surface area (Å²) in [5.41, 5.74) is 8.63. The summed E-state index contributed by atoms with van der Waals surface area (Å²) in [4.78, 5) is 2.40. The number of rotatable bonds is 4. The van der Waals surface area contributed by atoms with Crippen LogP contribution in [0.5, 0.6) is 0 Å². The van der Waals surface area contributed by atoms with Crippen molar-refractivity contribution in [1.82, 2.24) is 4.57 Å². The highest BCUT2D eigenvalue weighted by Crippen LogP contribution is 2.46. The molecule has 7 aromatic carbocycles. The molecule has 0 atom stereocenters. The molecule has 43 heavy (non-hydrogen) atoms.